The summed E-state index contributed by atoms with van der Waals surface area (Å²) in [5.74, 6) is 0. The highest BCUT2D eigenvalue weighted by atomic mass is 16.5. The molecule has 0 amide bonds. The van der Waals surface area contributed by atoms with E-state index in [9.17, 15) is 0 Å². The fraction of sp³-hybridized carbons (Fsp3) is 1.00. The van der Waals surface area contributed by atoms with Crippen molar-refractivity contribution in [2.24, 2.45) is 0 Å². The Morgan fingerprint density at radius 2 is 1.91 bits per heavy atom. The van der Waals surface area contributed by atoms with Gasteiger partial charge in [0.15, 0.2) is 0 Å². The van der Waals surface area contributed by atoms with Crippen LogP contribution in [0.15, 0.2) is 0 Å². The standard InChI is InChI=1S/C8H19NO2.H2/c1-3-10-6-4-7-11-8-5-9-2;/h9H,3-8H2,1-2H3;1H. The normalized spacial score (nSPS) is 10.4. The fourth-order valence-corrected chi connectivity index (χ4v) is 0.684. The van der Waals surface area contributed by atoms with E-state index in [0.717, 1.165) is 39.4 Å². The summed E-state index contributed by atoms with van der Waals surface area (Å²) < 4.78 is 10.4. The number of hydrogen-bond acceptors (Lipinski definition) is 3. The van der Waals surface area contributed by atoms with Gasteiger partial charge in [-0.25, -0.2) is 0 Å². The molecular formula is C8H21NO2. The van der Waals surface area contributed by atoms with Gasteiger partial charge in [0.25, 0.3) is 0 Å². The number of nitrogens with one attached hydrogen (secondary N) is 1. The molecule has 0 aromatic rings. The summed E-state index contributed by atoms with van der Waals surface area (Å²) in [6.07, 6.45) is 0.998. The molecule has 0 saturated heterocycles. The highest BCUT2D eigenvalue weighted by molar-refractivity contribution is 4.37. The predicted octanol–water partition coefficient (Wildman–Crippen LogP) is 0.895. The first-order valence-electron chi connectivity index (χ1n) is 4.22. The molecule has 0 aliphatic heterocycles. The van der Waals surface area contributed by atoms with Gasteiger partial charge in [0.1, 0.15) is 0 Å². The van der Waals surface area contributed by atoms with Crippen LogP contribution in [0.25, 0.3) is 0 Å². The number of rotatable bonds is 8. The molecule has 0 bridgehead atoms. The van der Waals surface area contributed by atoms with Crippen molar-refractivity contribution in [1.82, 2.24) is 5.32 Å². The fourth-order valence-electron chi connectivity index (χ4n) is 0.684. The third-order valence-corrected chi connectivity index (χ3v) is 1.28. The van der Waals surface area contributed by atoms with E-state index in [2.05, 4.69) is 5.32 Å². The van der Waals surface area contributed by atoms with Crippen molar-refractivity contribution < 1.29 is 10.9 Å². The Hall–Kier alpha value is -0.120. The van der Waals surface area contributed by atoms with Crippen LogP contribution in [0.5, 0.6) is 0 Å². The predicted molar refractivity (Wildman–Crippen MR) is 48.0 cm³/mol. The van der Waals surface area contributed by atoms with E-state index < -0.39 is 0 Å². The van der Waals surface area contributed by atoms with E-state index in [4.69, 9.17) is 9.47 Å². The summed E-state index contributed by atoms with van der Waals surface area (Å²) in [4.78, 5) is 0. The highest BCUT2D eigenvalue weighted by Crippen LogP contribution is 1.83. The van der Waals surface area contributed by atoms with E-state index in [1.807, 2.05) is 14.0 Å². The largest absolute Gasteiger partial charge is 0.382 e. The molecule has 0 aromatic heterocycles. The first-order chi connectivity index (χ1) is 5.41. The molecule has 0 aliphatic carbocycles. The average Bonchev–Trinajstić information content (AvgIpc) is 2.03. The molecule has 0 saturated carbocycles. The Balaban J connectivity index is 0. The molecule has 0 rings (SSSR count). The van der Waals surface area contributed by atoms with E-state index in [0.29, 0.717) is 0 Å². The van der Waals surface area contributed by atoms with Crippen molar-refractivity contribution in [2.45, 2.75) is 13.3 Å². The van der Waals surface area contributed by atoms with Gasteiger partial charge in [0.2, 0.25) is 0 Å². The molecule has 0 atom stereocenters. The summed E-state index contributed by atoms with van der Waals surface area (Å²) in [6.45, 7) is 6.15. The molecule has 3 heteroatoms. The summed E-state index contributed by atoms with van der Waals surface area (Å²) in [7, 11) is 1.92. The lowest BCUT2D eigenvalue weighted by atomic mass is 10.5. The zero-order chi connectivity index (χ0) is 8.36. The molecule has 1 N–H and O–H groups in total. The van der Waals surface area contributed by atoms with Gasteiger partial charge >= 0.3 is 0 Å². The van der Waals surface area contributed by atoms with Gasteiger partial charge in [-0.15, -0.1) is 0 Å². The van der Waals surface area contributed by atoms with Gasteiger partial charge in [0.05, 0.1) is 6.61 Å². The van der Waals surface area contributed by atoms with Crippen molar-refractivity contribution in [2.75, 3.05) is 40.0 Å². The highest BCUT2D eigenvalue weighted by Gasteiger charge is 1.87. The van der Waals surface area contributed by atoms with E-state index in [1.165, 1.54) is 0 Å². The van der Waals surface area contributed by atoms with Crippen LogP contribution < -0.4 is 5.32 Å². The monoisotopic (exact) mass is 163 g/mol. The van der Waals surface area contributed by atoms with Crippen LogP contribution in [0.2, 0.25) is 0 Å². The Bertz CT molecular complexity index is 66.1. The second kappa shape index (κ2) is 9.88. The van der Waals surface area contributed by atoms with Crippen LogP contribution in [-0.4, -0.2) is 40.0 Å². The SMILES string of the molecule is CCOCCCOCCNC.[HH]. The van der Waals surface area contributed by atoms with Crippen LogP contribution in [0.3, 0.4) is 0 Å². The van der Waals surface area contributed by atoms with Crippen molar-refractivity contribution in [3.8, 4) is 0 Å². The Kier molecular flexibility index (Phi) is 9.77. The molecule has 0 fully saturated rings. The van der Waals surface area contributed by atoms with Gasteiger partial charge in [-0.1, -0.05) is 0 Å². The van der Waals surface area contributed by atoms with Crippen molar-refractivity contribution >= 4 is 0 Å². The Morgan fingerprint density at radius 3 is 2.55 bits per heavy atom. The molecule has 3 nitrogen and oxygen atoms in total. The molecule has 0 radical (unpaired) electrons. The second-order valence-corrected chi connectivity index (χ2v) is 2.27. The maximum absolute atomic E-state index is 5.28. The van der Waals surface area contributed by atoms with E-state index in [-0.39, 0.29) is 1.43 Å². The minimum absolute atomic E-state index is 0. The molecule has 0 aromatic carbocycles. The summed E-state index contributed by atoms with van der Waals surface area (Å²) in [5, 5.41) is 3.01. The van der Waals surface area contributed by atoms with Crippen LogP contribution >= 0.6 is 0 Å². The number of likely N-dealkylation sites (N-methyl/N-ethyl adjacent to an activating group) is 1. The quantitative estimate of drug-likeness (QED) is 0.539. The Morgan fingerprint density at radius 1 is 1.18 bits per heavy atom. The molecule has 70 valence electrons. The smallest absolute Gasteiger partial charge is 0.0590 e. The number of hydrogen-bond donors (Lipinski definition) is 1. The van der Waals surface area contributed by atoms with E-state index in [1.54, 1.807) is 0 Å². The molecule has 0 aliphatic rings. The maximum Gasteiger partial charge on any atom is 0.0590 e. The van der Waals surface area contributed by atoms with Crippen LogP contribution in [-0.2, 0) is 9.47 Å². The topological polar surface area (TPSA) is 30.5 Å². The first kappa shape index (κ1) is 10.9. The first-order valence-corrected chi connectivity index (χ1v) is 4.22. The van der Waals surface area contributed by atoms with Crippen LogP contribution in [0.4, 0.5) is 0 Å². The zero-order valence-electron chi connectivity index (χ0n) is 7.56. The molecule has 0 unspecified atom stereocenters. The van der Waals surface area contributed by atoms with Crippen molar-refractivity contribution in [3.63, 3.8) is 0 Å². The van der Waals surface area contributed by atoms with Gasteiger partial charge in [0, 0.05) is 27.8 Å². The third-order valence-electron chi connectivity index (χ3n) is 1.28. The van der Waals surface area contributed by atoms with Gasteiger partial charge in [-0.3, -0.25) is 0 Å². The summed E-state index contributed by atoms with van der Waals surface area (Å²) in [6, 6.07) is 0. The Labute approximate surface area is 70.6 Å². The summed E-state index contributed by atoms with van der Waals surface area (Å²) in [5.41, 5.74) is 0. The van der Waals surface area contributed by atoms with Gasteiger partial charge in [-0.05, 0) is 20.4 Å². The molecule has 0 spiro atoms. The minimum atomic E-state index is 0. The van der Waals surface area contributed by atoms with Crippen LogP contribution in [0, 0.1) is 0 Å². The van der Waals surface area contributed by atoms with Crippen molar-refractivity contribution in [3.05, 3.63) is 0 Å². The van der Waals surface area contributed by atoms with Gasteiger partial charge in [-0.2, -0.15) is 0 Å². The van der Waals surface area contributed by atoms with Crippen LogP contribution in [0.1, 0.15) is 14.8 Å². The summed E-state index contributed by atoms with van der Waals surface area (Å²) >= 11 is 0. The lowest BCUT2D eigenvalue weighted by Gasteiger charge is -2.03. The second-order valence-electron chi connectivity index (χ2n) is 2.27. The molecular weight excluding hydrogens is 142 g/mol. The average molecular weight is 163 g/mol. The van der Waals surface area contributed by atoms with Gasteiger partial charge < -0.3 is 14.8 Å². The lowest BCUT2D eigenvalue weighted by molar-refractivity contribution is 0.0896. The zero-order valence-corrected chi connectivity index (χ0v) is 7.56. The lowest BCUT2D eigenvalue weighted by Crippen LogP contribution is -2.15. The van der Waals surface area contributed by atoms with Crippen molar-refractivity contribution in [1.29, 1.82) is 0 Å². The molecule has 11 heavy (non-hydrogen) atoms. The third kappa shape index (κ3) is 9.88. The minimum Gasteiger partial charge on any atom is -0.382 e. The van der Waals surface area contributed by atoms with E-state index >= 15 is 0 Å². The number of ether oxygens (including phenoxy) is 2. The maximum atomic E-state index is 5.28. The molecule has 0 heterocycles.